The highest BCUT2D eigenvalue weighted by Gasteiger charge is 2.16. The Morgan fingerprint density at radius 1 is 1.75 bits per heavy atom. The van der Waals surface area contributed by atoms with E-state index in [1.165, 1.54) is 0 Å². The van der Waals surface area contributed by atoms with Crippen molar-refractivity contribution in [1.82, 2.24) is 4.90 Å². The smallest absolute Gasteiger partial charge is 0.0993 e. The quantitative estimate of drug-likeness (QED) is 0.498. The van der Waals surface area contributed by atoms with Gasteiger partial charge in [-0.25, -0.2) is 0 Å². The second kappa shape index (κ2) is 2.46. The van der Waals surface area contributed by atoms with Crippen molar-refractivity contribution >= 4 is 0 Å². The zero-order chi connectivity index (χ0) is 5.98. The van der Waals surface area contributed by atoms with Gasteiger partial charge in [0.1, 0.15) is 0 Å². The summed E-state index contributed by atoms with van der Waals surface area (Å²) in [5.74, 6) is 0. The molecule has 0 N–H and O–H groups in total. The topological polar surface area (TPSA) is 12.5 Å². The minimum absolute atomic E-state index is 0.500. The molecule has 1 saturated heterocycles. The van der Waals surface area contributed by atoms with Crippen molar-refractivity contribution in [3.63, 3.8) is 0 Å². The molecule has 8 heavy (non-hydrogen) atoms. The fourth-order valence-corrected chi connectivity index (χ4v) is 0.933. The van der Waals surface area contributed by atoms with Crippen LogP contribution in [-0.2, 0) is 4.74 Å². The van der Waals surface area contributed by atoms with Crippen molar-refractivity contribution in [2.24, 2.45) is 0 Å². The largest absolute Gasteiger partial charge is 0.362 e. The number of ether oxygens (including phenoxy) is 1. The lowest BCUT2D eigenvalue weighted by molar-refractivity contribution is 0.0932. The Bertz CT molecular complexity index is 74.9. The predicted molar refractivity (Wildman–Crippen MR) is 32.7 cm³/mol. The Morgan fingerprint density at radius 3 is 2.75 bits per heavy atom. The minimum atomic E-state index is 0.500. The van der Waals surface area contributed by atoms with Gasteiger partial charge in [0.25, 0.3) is 0 Å². The lowest BCUT2D eigenvalue weighted by Gasteiger charge is -2.02. The van der Waals surface area contributed by atoms with Crippen molar-refractivity contribution in [3.05, 3.63) is 0 Å². The fourth-order valence-electron chi connectivity index (χ4n) is 0.933. The third-order valence-electron chi connectivity index (χ3n) is 1.50. The average molecular weight is 115 g/mol. The maximum Gasteiger partial charge on any atom is 0.0993 e. The first-order valence-electron chi connectivity index (χ1n) is 3.13. The van der Waals surface area contributed by atoms with Crippen LogP contribution in [0.4, 0.5) is 0 Å². The van der Waals surface area contributed by atoms with Gasteiger partial charge in [-0.05, 0) is 13.5 Å². The average Bonchev–Trinajstić information content (AvgIpc) is 2.14. The summed E-state index contributed by atoms with van der Waals surface area (Å²) in [7, 11) is 2.08. The van der Waals surface area contributed by atoms with Gasteiger partial charge in [-0.2, -0.15) is 0 Å². The fraction of sp³-hybridized carbons (Fsp3) is 1.00. The van der Waals surface area contributed by atoms with Crippen molar-refractivity contribution in [1.29, 1.82) is 0 Å². The Labute approximate surface area is 50.4 Å². The molecule has 1 aliphatic heterocycles. The van der Waals surface area contributed by atoms with Crippen LogP contribution in [0.2, 0.25) is 0 Å². The molecule has 0 aliphatic carbocycles. The van der Waals surface area contributed by atoms with Gasteiger partial charge in [0.15, 0.2) is 0 Å². The van der Waals surface area contributed by atoms with E-state index in [4.69, 9.17) is 4.74 Å². The molecule has 48 valence electrons. The third kappa shape index (κ3) is 1.20. The van der Waals surface area contributed by atoms with Gasteiger partial charge < -0.3 is 4.74 Å². The molecule has 2 nitrogen and oxygen atoms in total. The molecule has 1 heterocycles. The molecule has 0 aromatic carbocycles. The molecular weight excluding hydrogens is 102 g/mol. The van der Waals surface area contributed by atoms with E-state index >= 15 is 0 Å². The van der Waals surface area contributed by atoms with Gasteiger partial charge >= 0.3 is 0 Å². The first-order chi connectivity index (χ1) is 3.83. The predicted octanol–water partition coefficient (Wildman–Crippen LogP) is 0.684. The van der Waals surface area contributed by atoms with E-state index in [-0.39, 0.29) is 0 Å². The molecule has 0 amide bonds. The van der Waals surface area contributed by atoms with Crippen LogP contribution < -0.4 is 0 Å². The van der Waals surface area contributed by atoms with Crippen LogP contribution >= 0.6 is 0 Å². The van der Waals surface area contributed by atoms with E-state index in [1.54, 1.807) is 0 Å². The Balaban J connectivity index is 2.22. The molecule has 1 aliphatic rings. The number of hydrogen-bond donors (Lipinski definition) is 0. The molecule has 1 rings (SSSR count). The molecule has 0 spiro atoms. The highest BCUT2D eigenvalue weighted by Crippen LogP contribution is 2.07. The third-order valence-corrected chi connectivity index (χ3v) is 1.50. The summed E-state index contributed by atoms with van der Waals surface area (Å²) in [5.41, 5.74) is 0. The van der Waals surface area contributed by atoms with Crippen LogP contribution in [0.5, 0.6) is 0 Å². The van der Waals surface area contributed by atoms with Gasteiger partial charge in [0.05, 0.1) is 12.8 Å². The standard InChI is InChI=1S/C6H13NO/c1-3-6-4-7(2)5-8-6/h6H,3-5H2,1-2H3. The van der Waals surface area contributed by atoms with Crippen LogP contribution in [-0.4, -0.2) is 31.3 Å². The summed E-state index contributed by atoms with van der Waals surface area (Å²) >= 11 is 0. The van der Waals surface area contributed by atoms with Gasteiger partial charge in [-0.3, -0.25) is 4.90 Å². The Kier molecular flexibility index (Phi) is 1.86. The molecule has 0 aromatic heterocycles. The highest BCUT2D eigenvalue weighted by molar-refractivity contribution is 4.64. The number of rotatable bonds is 1. The van der Waals surface area contributed by atoms with Crippen molar-refractivity contribution in [2.45, 2.75) is 19.4 Å². The Hall–Kier alpha value is -0.0800. The van der Waals surface area contributed by atoms with E-state index in [9.17, 15) is 0 Å². The number of likely N-dealkylation sites (N-methyl/N-ethyl adjacent to an activating group) is 1. The highest BCUT2D eigenvalue weighted by atomic mass is 16.5. The van der Waals surface area contributed by atoms with Crippen LogP contribution in [0.3, 0.4) is 0 Å². The molecule has 2 heteroatoms. The lowest BCUT2D eigenvalue weighted by atomic mass is 10.3. The van der Waals surface area contributed by atoms with Crippen molar-refractivity contribution < 1.29 is 4.74 Å². The minimum Gasteiger partial charge on any atom is -0.362 e. The molecule has 0 saturated carbocycles. The van der Waals surface area contributed by atoms with Crippen LogP contribution in [0.1, 0.15) is 13.3 Å². The van der Waals surface area contributed by atoms with E-state index in [0.29, 0.717) is 6.10 Å². The lowest BCUT2D eigenvalue weighted by Crippen LogP contribution is -2.15. The summed E-state index contributed by atoms with van der Waals surface area (Å²) < 4.78 is 5.34. The second-order valence-corrected chi connectivity index (χ2v) is 2.36. The zero-order valence-corrected chi connectivity index (χ0v) is 5.55. The van der Waals surface area contributed by atoms with Crippen LogP contribution in [0.25, 0.3) is 0 Å². The molecule has 1 unspecified atom stereocenters. The maximum absolute atomic E-state index is 5.34. The molecular formula is C6H13NO. The molecule has 0 radical (unpaired) electrons. The SMILES string of the molecule is CCC1CN(C)CO1. The molecule has 0 aromatic rings. The summed E-state index contributed by atoms with van der Waals surface area (Å²) in [6.07, 6.45) is 1.64. The summed E-state index contributed by atoms with van der Waals surface area (Å²) in [6, 6.07) is 0. The van der Waals surface area contributed by atoms with E-state index in [0.717, 1.165) is 19.7 Å². The zero-order valence-electron chi connectivity index (χ0n) is 5.55. The van der Waals surface area contributed by atoms with Gasteiger partial charge in [-0.1, -0.05) is 6.92 Å². The van der Waals surface area contributed by atoms with E-state index < -0.39 is 0 Å². The van der Waals surface area contributed by atoms with Crippen molar-refractivity contribution in [2.75, 3.05) is 20.3 Å². The van der Waals surface area contributed by atoms with E-state index in [2.05, 4.69) is 18.9 Å². The van der Waals surface area contributed by atoms with Crippen molar-refractivity contribution in [3.8, 4) is 0 Å². The van der Waals surface area contributed by atoms with Gasteiger partial charge in [-0.15, -0.1) is 0 Å². The van der Waals surface area contributed by atoms with E-state index in [1.807, 2.05) is 0 Å². The molecule has 0 bridgehead atoms. The van der Waals surface area contributed by atoms with Crippen LogP contribution in [0.15, 0.2) is 0 Å². The number of hydrogen-bond acceptors (Lipinski definition) is 2. The number of nitrogens with zero attached hydrogens (tertiary/aromatic N) is 1. The Morgan fingerprint density at radius 2 is 2.50 bits per heavy atom. The first kappa shape index (κ1) is 6.05. The summed E-state index contributed by atoms with van der Waals surface area (Å²) in [5, 5.41) is 0. The maximum atomic E-state index is 5.34. The monoisotopic (exact) mass is 115 g/mol. The second-order valence-electron chi connectivity index (χ2n) is 2.36. The van der Waals surface area contributed by atoms with Gasteiger partial charge in [0, 0.05) is 6.54 Å². The summed E-state index contributed by atoms with van der Waals surface area (Å²) in [6.45, 7) is 4.08. The van der Waals surface area contributed by atoms with Gasteiger partial charge in [0.2, 0.25) is 0 Å². The molecule has 1 fully saturated rings. The normalized spacial score (nSPS) is 31.5. The first-order valence-corrected chi connectivity index (χ1v) is 3.13. The molecule has 1 atom stereocenters. The van der Waals surface area contributed by atoms with Crippen LogP contribution in [0, 0.1) is 0 Å². The summed E-state index contributed by atoms with van der Waals surface area (Å²) in [4.78, 5) is 2.19.